The van der Waals surface area contributed by atoms with E-state index in [4.69, 9.17) is 4.42 Å². The molecular formula is C16H27N3O3. The summed E-state index contributed by atoms with van der Waals surface area (Å²) < 4.78 is 5.36. The first-order valence-electron chi connectivity index (χ1n) is 7.93. The highest BCUT2D eigenvalue weighted by Gasteiger charge is 2.22. The SMILES string of the molecule is CC(O)CCN(C)CC(=O)N1CCN(Cc2ccco2)CC1. The van der Waals surface area contributed by atoms with E-state index in [9.17, 15) is 9.90 Å². The van der Waals surface area contributed by atoms with Crippen LogP contribution in [0.1, 0.15) is 19.1 Å². The molecule has 6 nitrogen and oxygen atoms in total. The van der Waals surface area contributed by atoms with Crippen LogP contribution in [0, 0.1) is 0 Å². The Morgan fingerprint density at radius 1 is 1.41 bits per heavy atom. The number of aliphatic hydroxyl groups is 1. The van der Waals surface area contributed by atoms with Gasteiger partial charge in [-0.3, -0.25) is 14.6 Å². The average molecular weight is 309 g/mol. The Morgan fingerprint density at radius 3 is 2.73 bits per heavy atom. The number of likely N-dealkylation sites (N-methyl/N-ethyl adjacent to an activating group) is 1. The fourth-order valence-electron chi connectivity index (χ4n) is 2.60. The molecular weight excluding hydrogens is 282 g/mol. The summed E-state index contributed by atoms with van der Waals surface area (Å²) in [5.74, 6) is 1.14. The van der Waals surface area contributed by atoms with Gasteiger partial charge in [-0.15, -0.1) is 0 Å². The van der Waals surface area contributed by atoms with Crippen molar-refractivity contribution >= 4 is 5.91 Å². The second-order valence-corrected chi connectivity index (χ2v) is 6.11. The van der Waals surface area contributed by atoms with Gasteiger partial charge in [0.1, 0.15) is 5.76 Å². The van der Waals surface area contributed by atoms with Crippen molar-refractivity contribution in [2.45, 2.75) is 26.0 Å². The first-order chi connectivity index (χ1) is 10.5. The summed E-state index contributed by atoms with van der Waals surface area (Å²) in [5, 5.41) is 9.28. The van der Waals surface area contributed by atoms with E-state index in [0.29, 0.717) is 13.0 Å². The van der Waals surface area contributed by atoms with Gasteiger partial charge < -0.3 is 14.4 Å². The average Bonchev–Trinajstić information content (AvgIpc) is 2.99. The lowest BCUT2D eigenvalue weighted by atomic mass is 10.2. The topological polar surface area (TPSA) is 60.2 Å². The zero-order valence-electron chi connectivity index (χ0n) is 13.6. The normalized spacial score (nSPS) is 17.9. The molecule has 22 heavy (non-hydrogen) atoms. The van der Waals surface area contributed by atoms with Crippen molar-refractivity contribution in [3.8, 4) is 0 Å². The highest BCUT2D eigenvalue weighted by molar-refractivity contribution is 5.78. The van der Waals surface area contributed by atoms with Gasteiger partial charge in [0.05, 0.1) is 25.5 Å². The van der Waals surface area contributed by atoms with Gasteiger partial charge in [-0.25, -0.2) is 0 Å². The van der Waals surface area contributed by atoms with Crippen LogP contribution < -0.4 is 0 Å². The monoisotopic (exact) mass is 309 g/mol. The smallest absolute Gasteiger partial charge is 0.236 e. The van der Waals surface area contributed by atoms with E-state index in [0.717, 1.165) is 45.0 Å². The van der Waals surface area contributed by atoms with Gasteiger partial charge in [0.25, 0.3) is 0 Å². The maximum Gasteiger partial charge on any atom is 0.236 e. The van der Waals surface area contributed by atoms with E-state index in [2.05, 4.69) is 4.90 Å². The van der Waals surface area contributed by atoms with Crippen LogP contribution in [0.3, 0.4) is 0 Å². The van der Waals surface area contributed by atoms with Crippen LogP contribution in [0.5, 0.6) is 0 Å². The standard InChI is InChI=1S/C16H27N3O3/c1-14(20)5-6-17(2)13-16(21)19-9-7-18(8-10-19)12-15-4-3-11-22-15/h3-4,11,14,20H,5-10,12-13H2,1-2H3. The second-order valence-electron chi connectivity index (χ2n) is 6.11. The van der Waals surface area contributed by atoms with E-state index in [-0.39, 0.29) is 12.0 Å². The predicted octanol–water partition coefficient (Wildman–Crippen LogP) is 0.627. The summed E-state index contributed by atoms with van der Waals surface area (Å²) >= 11 is 0. The molecule has 1 aromatic rings. The number of piperazine rings is 1. The Balaban J connectivity index is 1.68. The largest absolute Gasteiger partial charge is 0.468 e. The summed E-state index contributed by atoms with van der Waals surface area (Å²) in [4.78, 5) is 18.5. The third kappa shape index (κ3) is 5.44. The van der Waals surface area contributed by atoms with Crippen molar-refractivity contribution < 1.29 is 14.3 Å². The predicted molar refractivity (Wildman–Crippen MR) is 84.4 cm³/mol. The molecule has 0 radical (unpaired) electrons. The Kier molecular flexibility index (Phi) is 6.42. The number of hydrogen-bond donors (Lipinski definition) is 1. The molecule has 1 amide bonds. The second kappa shape index (κ2) is 8.31. The van der Waals surface area contributed by atoms with Crippen molar-refractivity contribution in [2.75, 3.05) is 46.3 Å². The van der Waals surface area contributed by atoms with E-state index < -0.39 is 0 Å². The number of aliphatic hydroxyl groups excluding tert-OH is 1. The Labute approximate surface area is 132 Å². The summed E-state index contributed by atoms with van der Waals surface area (Å²) in [5.41, 5.74) is 0. The van der Waals surface area contributed by atoms with Crippen molar-refractivity contribution in [2.24, 2.45) is 0 Å². The molecule has 0 aromatic carbocycles. The number of carbonyl (C=O) groups is 1. The highest BCUT2D eigenvalue weighted by Crippen LogP contribution is 2.09. The van der Waals surface area contributed by atoms with Crippen molar-refractivity contribution in [3.05, 3.63) is 24.2 Å². The molecule has 0 bridgehead atoms. The van der Waals surface area contributed by atoms with E-state index in [1.54, 1.807) is 13.2 Å². The van der Waals surface area contributed by atoms with Gasteiger partial charge in [0.15, 0.2) is 0 Å². The van der Waals surface area contributed by atoms with Crippen LogP contribution in [-0.2, 0) is 11.3 Å². The van der Waals surface area contributed by atoms with Crippen LogP contribution in [0.15, 0.2) is 22.8 Å². The summed E-state index contributed by atoms with van der Waals surface area (Å²) in [6.45, 7) is 7.03. The molecule has 0 saturated carbocycles. The minimum absolute atomic E-state index is 0.172. The Bertz CT molecular complexity index is 439. The van der Waals surface area contributed by atoms with Crippen molar-refractivity contribution in [1.82, 2.24) is 14.7 Å². The number of furan rings is 1. The van der Waals surface area contributed by atoms with E-state index in [1.807, 2.05) is 29.0 Å². The first-order valence-corrected chi connectivity index (χ1v) is 7.93. The molecule has 6 heteroatoms. The minimum atomic E-state index is -0.317. The molecule has 1 aliphatic heterocycles. The maximum atomic E-state index is 12.3. The molecule has 0 spiro atoms. The van der Waals surface area contributed by atoms with Crippen molar-refractivity contribution in [3.63, 3.8) is 0 Å². The van der Waals surface area contributed by atoms with Gasteiger partial charge in [-0.05, 0) is 32.5 Å². The lowest BCUT2D eigenvalue weighted by Crippen LogP contribution is -2.50. The summed E-state index contributed by atoms with van der Waals surface area (Å²) in [6.07, 6.45) is 2.07. The summed E-state index contributed by atoms with van der Waals surface area (Å²) in [6, 6.07) is 3.88. The van der Waals surface area contributed by atoms with Gasteiger partial charge in [-0.1, -0.05) is 0 Å². The maximum absolute atomic E-state index is 12.3. The van der Waals surface area contributed by atoms with Crippen molar-refractivity contribution in [1.29, 1.82) is 0 Å². The molecule has 0 aliphatic carbocycles. The highest BCUT2D eigenvalue weighted by atomic mass is 16.3. The zero-order valence-corrected chi connectivity index (χ0v) is 13.6. The van der Waals surface area contributed by atoms with E-state index in [1.165, 1.54) is 0 Å². The molecule has 1 N–H and O–H groups in total. The lowest BCUT2D eigenvalue weighted by molar-refractivity contribution is -0.134. The van der Waals surface area contributed by atoms with Crippen LogP contribution in [-0.4, -0.2) is 78.1 Å². The fraction of sp³-hybridized carbons (Fsp3) is 0.688. The zero-order chi connectivity index (χ0) is 15.9. The third-order valence-corrected chi connectivity index (χ3v) is 4.02. The van der Waals surface area contributed by atoms with Gasteiger partial charge in [-0.2, -0.15) is 0 Å². The molecule has 1 saturated heterocycles. The van der Waals surface area contributed by atoms with Gasteiger partial charge in [0, 0.05) is 32.7 Å². The number of nitrogens with zero attached hydrogens (tertiary/aromatic N) is 3. The lowest BCUT2D eigenvalue weighted by Gasteiger charge is -2.35. The van der Waals surface area contributed by atoms with Gasteiger partial charge in [0.2, 0.25) is 5.91 Å². The molecule has 1 fully saturated rings. The molecule has 1 aromatic heterocycles. The first kappa shape index (κ1) is 17.0. The van der Waals surface area contributed by atoms with Crippen LogP contribution >= 0.6 is 0 Å². The van der Waals surface area contributed by atoms with Gasteiger partial charge >= 0.3 is 0 Å². The fourth-order valence-corrected chi connectivity index (χ4v) is 2.60. The Hall–Kier alpha value is -1.37. The molecule has 1 atom stereocenters. The molecule has 124 valence electrons. The molecule has 1 unspecified atom stereocenters. The number of rotatable bonds is 7. The van der Waals surface area contributed by atoms with Crippen LogP contribution in [0.2, 0.25) is 0 Å². The van der Waals surface area contributed by atoms with Crippen LogP contribution in [0.25, 0.3) is 0 Å². The quantitative estimate of drug-likeness (QED) is 0.800. The summed E-state index contributed by atoms with van der Waals surface area (Å²) in [7, 11) is 1.92. The number of hydrogen-bond acceptors (Lipinski definition) is 5. The Morgan fingerprint density at radius 2 is 2.14 bits per heavy atom. The third-order valence-electron chi connectivity index (χ3n) is 4.02. The molecule has 2 heterocycles. The number of carbonyl (C=O) groups excluding carboxylic acids is 1. The minimum Gasteiger partial charge on any atom is -0.468 e. The molecule has 2 rings (SSSR count). The van der Waals surface area contributed by atoms with Crippen LogP contribution in [0.4, 0.5) is 0 Å². The molecule has 1 aliphatic rings. The van der Waals surface area contributed by atoms with E-state index >= 15 is 0 Å². The number of amides is 1.